The normalized spacial score (nSPS) is 16.9. The maximum absolute atomic E-state index is 12.6. The number of rotatable bonds is 3. The van der Waals surface area contributed by atoms with Gasteiger partial charge < -0.3 is 10.2 Å². The SMILES string of the molecule is Cc1ccc(N2C[C@H](C(=O)Nc3cc(Cl)c(Cl)cc3Cl)CC2=O)cc1C. The zero-order valence-electron chi connectivity index (χ0n) is 14.3. The zero-order chi connectivity index (χ0) is 19.0. The molecular weight excluding hydrogens is 395 g/mol. The first-order valence-corrected chi connectivity index (χ1v) is 9.22. The lowest BCUT2D eigenvalue weighted by molar-refractivity contribution is -0.122. The van der Waals surface area contributed by atoms with Crippen molar-refractivity contribution in [3.8, 4) is 0 Å². The number of halogens is 3. The number of hydrogen-bond donors (Lipinski definition) is 1. The lowest BCUT2D eigenvalue weighted by Gasteiger charge is -2.18. The van der Waals surface area contributed by atoms with Crippen molar-refractivity contribution in [3.63, 3.8) is 0 Å². The highest BCUT2D eigenvalue weighted by Gasteiger charge is 2.35. The summed E-state index contributed by atoms with van der Waals surface area (Å²) in [6, 6.07) is 8.81. The zero-order valence-corrected chi connectivity index (χ0v) is 16.5. The Morgan fingerprint density at radius 2 is 1.73 bits per heavy atom. The molecule has 1 atom stereocenters. The Labute approximate surface area is 167 Å². The maximum Gasteiger partial charge on any atom is 0.229 e. The Hall–Kier alpha value is -1.75. The van der Waals surface area contributed by atoms with Gasteiger partial charge in [0.15, 0.2) is 0 Å². The van der Waals surface area contributed by atoms with Gasteiger partial charge in [0.2, 0.25) is 11.8 Å². The molecule has 1 fully saturated rings. The number of anilines is 2. The molecule has 1 heterocycles. The molecule has 0 aliphatic carbocycles. The second kappa shape index (κ2) is 7.47. The molecule has 7 heteroatoms. The standard InChI is InChI=1S/C19H17Cl3N2O2/c1-10-3-4-13(5-11(10)2)24-9-12(6-18(24)25)19(26)23-17-8-15(21)14(20)7-16(17)22/h3-5,7-8,12H,6,9H2,1-2H3,(H,23,26)/t12-/m1/s1. The van der Waals surface area contributed by atoms with Crippen LogP contribution in [0.2, 0.25) is 15.1 Å². The van der Waals surface area contributed by atoms with Crippen LogP contribution in [0.4, 0.5) is 11.4 Å². The van der Waals surface area contributed by atoms with Crippen molar-refractivity contribution in [1.82, 2.24) is 0 Å². The third-order valence-corrected chi connectivity index (χ3v) is 5.60. The van der Waals surface area contributed by atoms with Crippen molar-refractivity contribution in [2.45, 2.75) is 20.3 Å². The van der Waals surface area contributed by atoms with Crippen molar-refractivity contribution >= 4 is 58.0 Å². The second-order valence-electron chi connectivity index (χ2n) is 6.41. The molecule has 0 aromatic heterocycles. The minimum absolute atomic E-state index is 0.0753. The molecule has 2 aromatic rings. The van der Waals surface area contributed by atoms with Gasteiger partial charge >= 0.3 is 0 Å². The smallest absolute Gasteiger partial charge is 0.229 e. The van der Waals surface area contributed by atoms with E-state index in [1.807, 2.05) is 32.0 Å². The van der Waals surface area contributed by atoms with E-state index in [4.69, 9.17) is 34.8 Å². The average molecular weight is 412 g/mol. The van der Waals surface area contributed by atoms with E-state index in [1.165, 1.54) is 12.1 Å². The van der Waals surface area contributed by atoms with Crippen LogP contribution in [0.3, 0.4) is 0 Å². The van der Waals surface area contributed by atoms with Crippen LogP contribution in [-0.4, -0.2) is 18.4 Å². The van der Waals surface area contributed by atoms with E-state index >= 15 is 0 Å². The van der Waals surface area contributed by atoms with Gasteiger partial charge in [-0.25, -0.2) is 0 Å². The van der Waals surface area contributed by atoms with Crippen LogP contribution in [0.25, 0.3) is 0 Å². The highest BCUT2D eigenvalue weighted by atomic mass is 35.5. The van der Waals surface area contributed by atoms with Crippen molar-refractivity contribution in [3.05, 3.63) is 56.5 Å². The summed E-state index contributed by atoms with van der Waals surface area (Å²) < 4.78 is 0. The molecule has 3 rings (SSSR count). The van der Waals surface area contributed by atoms with Crippen molar-refractivity contribution in [2.75, 3.05) is 16.8 Å². The molecule has 0 saturated carbocycles. The number of benzene rings is 2. The second-order valence-corrected chi connectivity index (χ2v) is 7.63. The third-order valence-electron chi connectivity index (χ3n) is 4.57. The predicted molar refractivity (Wildman–Crippen MR) is 106 cm³/mol. The Morgan fingerprint density at radius 3 is 2.42 bits per heavy atom. The fraction of sp³-hybridized carbons (Fsp3) is 0.263. The third kappa shape index (κ3) is 3.83. The van der Waals surface area contributed by atoms with Gasteiger partial charge in [0.1, 0.15) is 0 Å². The first-order valence-electron chi connectivity index (χ1n) is 8.09. The molecule has 4 nitrogen and oxygen atoms in total. The number of carbonyl (C=O) groups is 2. The summed E-state index contributed by atoms with van der Waals surface area (Å²) in [7, 11) is 0. The fourth-order valence-corrected chi connectivity index (χ4v) is 3.47. The molecule has 0 bridgehead atoms. The molecule has 1 N–H and O–H groups in total. The van der Waals surface area contributed by atoms with Gasteiger partial charge in [0, 0.05) is 18.7 Å². The number of nitrogens with one attached hydrogen (secondary N) is 1. The Bertz CT molecular complexity index is 899. The number of carbonyl (C=O) groups excluding carboxylic acids is 2. The monoisotopic (exact) mass is 410 g/mol. The molecule has 1 aliphatic rings. The van der Waals surface area contributed by atoms with Crippen molar-refractivity contribution in [1.29, 1.82) is 0 Å². The molecule has 2 amide bonds. The fourth-order valence-electron chi connectivity index (χ4n) is 2.88. The lowest BCUT2D eigenvalue weighted by atomic mass is 10.1. The lowest BCUT2D eigenvalue weighted by Crippen LogP contribution is -2.28. The van der Waals surface area contributed by atoms with Gasteiger partial charge in [-0.15, -0.1) is 0 Å². The van der Waals surface area contributed by atoms with Crippen LogP contribution in [0.15, 0.2) is 30.3 Å². The van der Waals surface area contributed by atoms with Gasteiger partial charge in [-0.1, -0.05) is 40.9 Å². The molecular formula is C19H17Cl3N2O2. The first-order chi connectivity index (χ1) is 12.3. The highest BCUT2D eigenvalue weighted by molar-refractivity contribution is 6.44. The number of aryl methyl sites for hydroxylation is 2. The molecule has 26 heavy (non-hydrogen) atoms. The van der Waals surface area contributed by atoms with Gasteiger partial charge in [0.05, 0.1) is 26.7 Å². The topological polar surface area (TPSA) is 49.4 Å². The summed E-state index contributed by atoms with van der Waals surface area (Å²) >= 11 is 18.0. The maximum atomic E-state index is 12.6. The molecule has 136 valence electrons. The molecule has 0 radical (unpaired) electrons. The summed E-state index contributed by atoms with van der Waals surface area (Å²) in [5.41, 5.74) is 3.44. The van der Waals surface area contributed by atoms with Gasteiger partial charge in [0.25, 0.3) is 0 Å². The van der Waals surface area contributed by atoms with Gasteiger partial charge in [-0.3, -0.25) is 9.59 Å². The molecule has 1 aliphatic heterocycles. The molecule has 1 saturated heterocycles. The minimum atomic E-state index is -0.463. The number of amides is 2. The van der Waals surface area contributed by atoms with E-state index in [0.717, 1.165) is 16.8 Å². The minimum Gasteiger partial charge on any atom is -0.324 e. The average Bonchev–Trinajstić information content (AvgIpc) is 2.97. The van der Waals surface area contributed by atoms with Crippen molar-refractivity contribution in [2.24, 2.45) is 5.92 Å². The number of nitrogens with zero attached hydrogens (tertiary/aromatic N) is 1. The summed E-state index contributed by atoms with van der Waals surface area (Å²) in [5.74, 6) is -0.812. The molecule has 0 unspecified atom stereocenters. The van der Waals surface area contributed by atoms with Crippen LogP contribution in [-0.2, 0) is 9.59 Å². The van der Waals surface area contributed by atoms with E-state index < -0.39 is 5.92 Å². The Kier molecular flexibility index (Phi) is 5.47. The van der Waals surface area contributed by atoms with Crippen LogP contribution >= 0.6 is 34.8 Å². The molecule has 0 spiro atoms. The number of hydrogen-bond acceptors (Lipinski definition) is 2. The predicted octanol–water partition coefficient (Wildman–Crippen LogP) is 5.26. The van der Waals surface area contributed by atoms with E-state index in [1.54, 1.807) is 4.90 Å². The molecule has 2 aromatic carbocycles. The van der Waals surface area contributed by atoms with E-state index in [-0.39, 0.29) is 18.2 Å². The summed E-state index contributed by atoms with van der Waals surface area (Å²) in [6.45, 7) is 4.34. The summed E-state index contributed by atoms with van der Waals surface area (Å²) in [4.78, 5) is 26.6. The summed E-state index contributed by atoms with van der Waals surface area (Å²) in [5, 5.41) is 3.64. The van der Waals surface area contributed by atoms with Crippen molar-refractivity contribution < 1.29 is 9.59 Å². The van der Waals surface area contributed by atoms with Gasteiger partial charge in [-0.2, -0.15) is 0 Å². The first kappa shape index (κ1) is 19.0. The summed E-state index contributed by atoms with van der Waals surface area (Å²) in [6.07, 6.45) is 0.150. The quantitative estimate of drug-likeness (QED) is 0.701. The van der Waals surface area contributed by atoms with Crippen LogP contribution < -0.4 is 10.2 Å². The Morgan fingerprint density at radius 1 is 1.04 bits per heavy atom. The van der Waals surface area contributed by atoms with E-state index in [9.17, 15) is 9.59 Å². The Balaban J connectivity index is 1.75. The van der Waals surface area contributed by atoms with Crippen LogP contribution in [0.5, 0.6) is 0 Å². The van der Waals surface area contributed by atoms with E-state index in [0.29, 0.717) is 27.3 Å². The van der Waals surface area contributed by atoms with Gasteiger partial charge in [-0.05, 0) is 49.2 Å². The van der Waals surface area contributed by atoms with Crippen LogP contribution in [0.1, 0.15) is 17.5 Å². The highest BCUT2D eigenvalue weighted by Crippen LogP contribution is 2.33. The van der Waals surface area contributed by atoms with Crippen LogP contribution in [0, 0.1) is 19.8 Å². The van der Waals surface area contributed by atoms with E-state index in [2.05, 4.69) is 5.32 Å². The largest absolute Gasteiger partial charge is 0.324 e.